The summed E-state index contributed by atoms with van der Waals surface area (Å²) in [7, 11) is 0. The molecule has 0 unspecified atom stereocenters. The Morgan fingerprint density at radius 3 is 2.59 bits per heavy atom. The van der Waals surface area contributed by atoms with Gasteiger partial charge in [-0.25, -0.2) is 4.79 Å². The van der Waals surface area contributed by atoms with E-state index in [0.717, 1.165) is 16.5 Å². The van der Waals surface area contributed by atoms with E-state index in [4.69, 9.17) is 10.2 Å². The summed E-state index contributed by atoms with van der Waals surface area (Å²) < 4.78 is 0. The maximum Gasteiger partial charge on any atom is 0.326 e. The van der Waals surface area contributed by atoms with Gasteiger partial charge in [-0.05, 0) is 18.1 Å². The molecule has 2 aromatic rings. The Kier molecular flexibility index (Phi) is 4.77. The molecule has 0 aliphatic carbocycles. The zero-order valence-electron chi connectivity index (χ0n) is 11.7. The van der Waals surface area contributed by atoms with Crippen molar-refractivity contribution in [1.29, 1.82) is 0 Å². The van der Waals surface area contributed by atoms with E-state index < -0.39 is 23.9 Å². The van der Waals surface area contributed by atoms with E-state index in [1.807, 2.05) is 24.3 Å². The lowest BCUT2D eigenvalue weighted by Gasteiger charge is -2.13. The molecular formula is C15H16N2O5. The third-order valence-corrected chi connectivity index (χ3v) is 3.31. The Morgan fingerprint density at radius 2 is 1.91 bits per heavy atom. The van der Waals surface area contributed by atoms with Crippen LogP contribution in [-0.4, -0.2) is 39.1 Å². The molecule has 0 fully saturated rings. The summed E-state index contributed by atoms with van der Waals surface area (Å²) in [6.45, 7) is 0. The predicted molar refractivity (Wildman–Crippen MR) is 78.4 cm³/mol. The number of aliphatic carboxylic acids is 2. The fraction of sp³-hybridized carbons (Fsp3) is 0.267. The minimum Gasteiger partial charge on any atom is -0.481 e. The molecule has 1 atom stereocenters. The van der Waals surface area contributed by atoms with Crippen molar-refractivity contribution in [1.82, 2.24) is 10.3 Å². The van der Waals surface area contributed by atoms with Gasteiger partial charge < -0.3 is 20.5 Å². The number of aromatic nitrogens is 1. The minimum atomic E-state index is -1.24. The number of carbonyl (C=O) groups is 3. The van der Waals surface area contributed by atoms with Crippen LogP contribution in [0.1, 0.15) is 18.4 Å². The van der Waals surface area contributed by atoms with Gasteiger partial charge in [0.2, 0.25) is 5.91 Å². The van der Waals surface area contributed by atoms with Crippen LogP contribution in [0.4, 0.5) is 0 Å². The molecule has 0 saturated carbocycles. The summed E-state index contributed by atoms with van der Waals surface area (Å²) >= 11 is 0. The zero-order valence-corrected chi connectivity index (χ0v) is 11.7. The maximum absolute atomic E-state index is 12.0. The number of fused-ring (bicyclic) bond motifs is 1. The van der Waals surface area contributed by atoms with Crippen LogP contribution in [0.2, 0.25) is 0 Å². The van der Waals surface area contributed by atoms with Crippen molar-refractivity contribution in [3.05, 3.63) is 36.0 Å². The summed E-state index contributed by atoms with van der Waals surface area (Å²) in [5.41, 5.74) is 1.65. The number of hydrogen-bond acceptors (Lipinski definition) is 3. The Morgan fingerprint density at radius 1 is 1.18 bits per heavy atom. The van der Waals surface area contributed by atoms with Crippen LogP contribution in [0, 0.1) is 0 Å². The number of carboxylic acid groups (broad SMARTS) is 2. The highest BCUT2D eigenvalue weighted by Crippen LogP contribution is 2.18. The molecule has 0 saturated heterocycles. The molecule has 1 heterocycles. The third kappa shape index (κ3) is 3.85. The highest BCUT2D eigenvalue weighted by molar-refractivity contribution is 5.90. The molecule has 1 amide bonds. The van der Waals surface area contributed by atoms with Gasteiger partial charge in [-0.15, -0.1) is 0 Å². The number of nitrogens with one attached hydrogen (secondary N) is 2. The van der Waals surface area contributed by atoms with Crippen molar-refractivity contribution in [2.75, 3.05) is 0 Å². The second kappa shape index (κ2) is 6.75. The number of hydrogen-bond donors (Lipinski definition) is 4. The predicted octanol–water partition coefficient (Wildman–Crippen LogP) is 1.14. The molecule has 1 aromatic heterocycles. The number of carbonyl (C=O) groups excluding carboxylic acids is 1. The standard InChI is InChI=1S/C15H16N2O5/c18-13(17-12(15(21)22)5-6-14(19)20)7-9-8-16-11-4-2-1-3-10(9)11/h1-4,8,12,16H,5-7H2,(H,17,18)(H,19,20)(H,21,22)/t12-/m0/s1. The molecule has 4 N–H and O–H groups in total. The molecule has 0 aliphatic rings. The SMILES string of the molecule is O=C(O)CC[C@H](NC(=O)Cc1c[nH]c2ccccc12)C(=O)O. The van der Waals surface area contributed by atoms with Gasteiger partial charge >= 0.3 is 11.9 Å². The number of amides is 1. The molecule has 0 radical (unpaired) electrons. The van der Waals surface area contributed by atoms with E-state index in [1.165, 1.54) is 0 Å². The van der Waals surface area contributed by atoms with Crippen LogP contribution in [0.15, 0.2) is 30.5 Å². The van der Waals surface area contributed by atoms with Gasteiger partial charge in [0.15, 0.2) is 0 Å². The monoisotopic (exact) mass is 304 g/mol. The van der Waals surface area contributed by atoms with Crippen LogP contribution in [-0.2, 0) is 20.8 Å². The van der Waals surface area contributed by atoms with Crippen molar-refractivity contribution < 1.29 is 24.6 Å². The first-order valence-corrected chi connectivity index (χ1v) is 6.76. The summed E-state index contributed by atoms with van der Waals surface area (Å²) in [5.74, 6) is -2.80. The van der Waals surface area contributed by atoms with E-state index in [-0.39, 0.29) is 19.3 Å². The van der Waals surface area contributed by atoms with E-state index in [2.05, 4.69) is 10.3 Å². The molecule has 116 valence electrons. The summed E-state index contributed by atoms with van der Waals surface area (Å²) in [6.07, 6.45) is 1.27. The third-order valence-electron chi connectivity index (χ3n) is 3.31. The van der Waals surface area contributed by atoms with Gasteiger partial charge in [0, 0.05) is 23.5 Å². The van der Waals surface area contributed by atoms with Crippen LogP contribution in [0.5, 0.6) is 0 Å². The van der Waals surface area contributed by atoms with Crippen molar-refractivity contribution in [3.63, 3.8) is 0 Å². The lowest BCUT2D eigenvalue weighted by molar-refractivity contribution is -0.143. The number of rotatable bonds is 7. The lowest BCUT2D eigenvalue weighted by atomic mass is 10.1. The van der Waals surface area contributed by atoms with Crippen LogP contribution < -0.4 is 5.32 Å². The van der Waals surface area contributed by atoms with Gasteiger partial charge in [-0.1, -0.05) is 18.2 Å². The van der Waals surface area contributed by atoms with E-state index in [1.54, 1.807) is 6.20 Å². The fourth-order valence-corrected chi connectivity index (χ4v) is 2.22. The van der Waals surface area contributed by atoms with Crippen LogP contribution in [0.25, 0.3) is 10.9 Å². The summed E-state index contributed by atoms with van der Waals surface area (Å²) in [6, 6.07) is 6.27. The van der Waals surface area contributed by atoms with Gasteiger partial charge in [0.1, 0.15) is 6.04 Å². The Labute approximate surface area is 125 Å². The quantitative estimate of drug-likeness (QED) is 0.611. The molecule has 0 aliphatic heterocycles. The fourth-order valence-electron chi connectivity index (χ4n) is 2.22. The highest BCUT2D eigenvalue weighted by atomic mass is 16.4. The maximum atomic E-state index is 12.0. The first-order valence-electron chi connectivity index (χ1n) is 6.76. The van der Waals surface area contributed by atoms with Gasteiger partial charge in [-0.2, -0.15) is 0 Å². The summed E-state index contributed by atoms with van der Waals surface area (Å²) in [4.78, 5) is 36.6. The molecule has 22 heavy (non-hydrogen) atoms. The largest absolute Gasteiger partial charge is 0.481 e. The topological polar surface area (TPSA) is 119 Å². The number of H-pyrrole nitrogens is 1. The number of benzene rings is 1. The number of carboxylic acids is 2. The Hall–Kier alpha value is -2.83. The average Bonchev–Trinajstić information content (AvgIpc) is 2.86. The molecular weight excluding hydrogens is 288 g/mol. The van der Waals surface area contributed by atoms with E-state index in [9.17, 15) is 14.4 Å². The molecule has 2 rings (SSSR count). The van der Waals surface area contributed by atoms with Crippen molar-refractivity contribution >= 4 is 28.7 Å². The smallest absolute Gasteiger partial charge is 0.326 e. The Bertz CT molecular complexity index is 707. The minimum absolute atomic E-state index is 0.0286. The molecule has 0 bridgehead atoms. The second-order valence-electron chi connectivity index (χ2n) is 4.93. The molecule has 1 aromatic carbocycles. The number of para-hydroxylation sites is 1. The summed E-state index contributed by atoms with van der Waals surface area (Å²) in [5, 5.41) is 20.9. The molecule has 7 nitrogen and oxygen atoms in total. The number of aromatic amines is 1. The lowest BCUT2D eigenvalue weighted by Crippen LogP contribution is -2.41. The van der Waals surface area contributed by atoms with Crippen LogP contribution in [0.3, 0.4) is 0 Å². The van der Waals surface area contributed by atoms with Crippen molar-refractivity contribution in [3.8, 4) is 0 Å². The average molecular weight is 304 g/mol. The zero-order chi connectivity index (χ0) is 16.1. The highest BCUT2D eigenvalue weighted by Gasteiger charge is 2.21. The van der Waals surface area contributed by atoms with Crippen molar-refractivity contribution in [2.24, 2.45) is 0 Å². The van der Waals surface area contributed by atoms with Gasteiger partial charge in [0.25, 0.3) is 0 Å². The van der Waals surface area contributed by atoms with Gasteiger partial charge in [0.05, 0.1) is 6.42 Å². The van der Waals surface area contributed by atoms with E-state index >= 15 is 0 Å². The normalized spacial score (nSPS) is 12.0. The Balaban J connectivity index is 2.01. The van der Waals surface area contributed by atoms with Crippen molar-refractivity contribution in [2.45, 2.75) is 25.3 Å². The molecule has 0 spiro atoms. The first-order chi connectivity index (χ1) is 10.5. The van der Waals surface area contributed by atoms with Crippen LogP contribution >= 0.6 is 0 Å². The second-order valence-corrected chi connectivity index (χ2v) is 4.93. The molecule has 7 heteroatoms. The van der Waals surface area contributed by atoms with E-state index in [0.29, 0.717) is 0 Å². The first kappa shape index (κ1) is 15.6. The van der Waals surface area contributed by atoms with Gasteiger partial charge in [-0.3, -0.25) is 9.59 Å².